The van der Waals surface area contributed by atoms with E-state index in [9.17, 15) is 29.4 Å². The zero-order valence-corrected chi connectivity index (χ0v) is 35.2. The number of halogens is 2. The summed E-state index contributed by atoms with van der Waals surface area (Å²) in [5.74, 6) is -2.34. The van der Waals surface area contributed by atoms with Crippen molar-refractivity contribution in [3.05, 3.63) is 106 Å². The van der Waals surface area contributed by atoms with Crippen molar-refractivity contribution < 1.29 is 38.9 Å². The minimum absolute atomic E-state index is 0.156. The predicted molar refractivity (Wildman–Crippen MR) is 232 cm³/mol. The van der Waals surface area contributed by atoms with Crippen molar-refractivity contribution in [2.45, 2.75) is 49.3 Å². The fraction of sp³-hybridized carbons (Fsp3) is 0.304. The quantitative estimate of drug-likeness (QED) is 0.119. The summed E-state index contributed by atoms with van der Waals surface area (Å²) in [6.07, 6.45) is 8.63. The van der Waals surface area contributed by atoms with Crippen molar-refractivity contribution in [2.24, 2.45) is 11.8 Å². The van der Waals surface area contributed by atoms with Crippen LogP contribution in [0, 0.1) is 11.8 Å². The lowest BCUT2D eigenvalue weighted by molar-refractivity contribution is -0.146. The summed E-state index contributed by atoms with van der Waals surface area (Å²) in [5.41, 5.74) is 4.07. The highest BCUT2D eigenvalue weighted by Gasteiger charge is 2.29. The normalized spacial score (nSPS) is 17.0. The Balaban J connectivity index is 1.39. The van der Waals surface area contributed by atoms with Crippen molar-refractivity contribution >= 4 is 70.9 Å². The molecule has 2 aliphatic rings. The largest absolute Gasteiger partial charge is 0.493 e. The van der Waals surface area contributed by atoms with Gasteiger partial charge in [-0.25, -0.2) is 0 Å². The molecular formula is C46H46Cl2N2O8S. The molecule has 2 aliphatic heterocycles. The van der Waals surface area contributed by atoms with Gasteiger partial charge in [-0.05, 0) is 87.1 Å². The van der Waals surface area contributed by atoms with Crippen molar-refractivity contribution in [2.75, 3.05) is 39.4 Å². The van der Waals surface area contributed by atoms with Gasteiger partial charge in [-0.15, -0.1) is 0 Å². The van der Waals surface area contributed by atoms with E-state index < -0.39 is 23.8 Å². The molecular weight excluding hydrogens is 811 g/mol. The van der Waals surface area contributed by atoms with Crippen LogP contribution >= 0.6 is 35.0 Å². The lowest BCUT2D eigenvalue weighted by Crippen LogP contribution is -2.41. The van der Waals surface area contributed by atoms with Crippen LogP contribution < -0.4 is 9.47 Å². The number of carbonyl (C=O) groups is 4. The van der Waals surface area contributed by atoms with Gasteiger partial charge in [-0.3, -0.25) is 19.2 Å². The van der Waals surface area contributed by atoms with Gasteiger partial charge in [0.15, 0.2) is 0 Å². The maximum Gasteiger partial charge on any atom is 0.308 e. The average molecular weight is 858 g/mol. The molecule has 13 heteroatoms. The zero-order valence-electron chi connectivity index (χ0n) is 32.9. The number of benzene rings is 4. The number of amides is 2. The summed E-state index contributed by atoms with van der Waals surface area (Å²) in [7, 11) is 0. The molecule has 2 fully saturated rings. The molecule has 0 spiro atoms. The van der Waals surface area contributed by atoms with Crippen LogP contribution in [0.25, 0.3) is 34.4 Å². The number of rotatable bonds is 14. The molecule has 2 N–H and O–H groups in total. The van der Waals surface area contributed by atoms with Crippen LogP contribution in [0.15, 0.2) is 94.7 Å². The molecule has 2 heterocycles. The molecule has 6 rings (SSSR count). The molecule has 0 aliphatic carbocycles. The van der Waals surface area contributed by atoms with Crippen LogP contribution in [-0.2, 0) is 19.2 Å². The van der Waals surface area contributed by atoms with Crippen molar-refractivity contribution in [3.63, 3.8) is 0 Å². The Labute approximate surface area is 358 Å². The number of likely N-dealkylation sites (tertiary alicyclic amines) is 2. The van der Waals surface area contributed by atoms with Crippen LogP contribution in [0.1, 0.15) is 50.7 Å². The van der Waals surface area contributed by atoms with Crippen LogP contribution in [0.5, 0.6) is 11.5 Å². The second-order valence-electron chi connectivity index (χ2n) is 14.2. The number of nitrogens with zero attached hydrogens (tertiary/aromatic N) is 2. The lowest BCUT2D eigenvalue weighted by Gasteiger charge is -2.29. The van der Waals surface area contributed by atoms with Gasteiger partial charge in [-0.2, -0.15) is 0 Å². The molecule has 10 nitrogen and oxygen atoms in total. The summed E-state index contributed by atoms with van der Waals surface area (Å²) >= 11 is 16.1. The first-order valence-electron chi connectivity index (χ1n) is 19.7. The van der Waals surface area contributed by atoms with E-state index in [1.54, 1.807) is 22.0 Å². The highest BCUT2D eigenvalue weighted by Crippen LogP contribution is 2.48. The second kappa shape index (κ2) is 20.2. The summed E-state index contributed by atoms with van der Waals surface area (Å²) in [6, 6.07) is 22.6. The molecule has 59 heavy (non-hydrogen) atoms. The molecule has 4 aromatic carbocycles. The first-order chi connectivity index (χ1) is 28.5. The van der Waals surface area contributed by atoms with E-state index in [2.05, 4.69) is 0 Å². The van der Waals surface area contributed by atoms with Crippen LogP contribution in [-0.4, -0.2) is 83.2 Å². The van der Waals surface area contributed by atoms with E-state index in [1.165, 1.54) is 23.9 Å². The number of hydrogen-bond acceptors (Lipinski definition) is 7. The fourth-order valence-electron chi connectivity index (χ4n) is 7.44. The Morgan fingerprint density at radius 1 is 0.661 bits per heavy atom. The standard InChI is InChI=1S/C46H46Cl2N2O8S/c1-3-57-35-15-7-5-13-33(35)41-29(19-23-39(51)49-25-9-11-31(27-49)45(53)54)17-21-37(43(41)47)59-38-22-18-30(20-24-40(52)50-26-10-12-32(28-50)46(55)56)42(44(38)48)34-14-6-8-16-36(34)58-4-2/h5-8,13-24,31-32H,3-4,9-12,25-28H2,1-2H3,(H,53,54)(H,55,56). The van der Waals surface area contributed by atoms with Gasteiger partial charge < -0.3 is 29.5 Å². The van der Waals surface area contributed by atoms with Gasteiger partial charge in [0.1, 0.15) is 11.5 Å². The Bertz CT molecular complexity index is 2120. The smallest absolute Gasteiger partial charge is 0.308 e. The van der Waals surface area contributed by atoms with Gasteiger partial charge >= 0.3 is 11.9 Å². The Kier molecular flexibility index (Phi) is 14.8. The second-order valence-corrected chi connectivity index (χ2v) is 16.1. The molecule has 0 aromatic heterocycles. The van der Waals surface area contributed by atoms with E-state index in [1.807, 2.05) is 86.6 Å². The highest BCUT2D eigenvalue weighted by atomic mass is 35.5. The first-order valence-corrected chi connectivity index (χ1v) is 21.2. The Hall–Kier alpha value is -5.23. The minimum atomic E-state index is -0.904. The number of carboxylic acids is 2. The minimum Gasteiger partial charge on any atom is -0.493 e. The summed E-state index contributed by atoms with van der Waals surface area (Å²) in [4.78, 5) is 54.5. The highest BCUT2D eigenvalue weighted by molar-refractivity contribution is 7.99. The van der Waals surface area contributed by atoms with Crippen molar-refractivity contribution in [1.29, 1.82) is 0 Å². The summed E-state index contributed by atoms with van der Waals surface area (Å²) in [6.45, 7) is 5.91. The molecule has 0 saturated carbocycles. The van der Waals surface area contributed by atoms with Crippen LogP contribution in [0.4, 0.5) is 0 Å². The van der Waals surface area contributed by atoms with E-state index >= 15 is 0 Å². The molecule has 0 bridgehead atoms. The molecule has 2 saturated heterocycles. The molecule has 2 amide bonds. The third kappa shape index (κ3) is 10.3. The molecule has 4 aromatic rings. The van der Waals surface area contributed by atoms with Crippen LogP contribution in [0.3, 0.4) is 0 Å². The first kappa shape index (κ1) is 43.4. The van der Waals surface area contributed by atoms with Crippen molar-refractivity contribution in [1.82, 2.24) is 9.80 Å². The predicted octanol–water partition coefficient (Wildman–Crippen LogP) is 9.95. The lowest BCUT2D eigenvalue weighted by atomic mass is 9.97. The van der Waals surface area contributed by atoms with Crippen molar-refractivity contribution in [3.8, 4) is 33.8 Å². The SMILES string of the molecule is CCOc1ccccc1-c1c(C=CC(=O)N2CCCC(C(=O)O)C2)ccc(Sc2ccc(C=CC(=O)N3CCCC(C(=O)O)C3)c(-c3ccccc3OCC)c2Cl)c1Cl. The summed E-state index contributed by atoms with van der Waals surface area (Å²) < 4.78 is 12.0. The van der Waals surface area contributed by atoms with Gasteiger partial charge in [0.05, 0.1) is 35.1 Å². The van der Waals surface area contributed by atoms with Crippen LogP contribution in [0.2, 0.25) is 10.0 Å². The maximum atomic E-state index is 13.3. The number of carboxylic acid groups (broad SMARTS) is 2. The van der Waals surface area contributed by atoms with Gasteiger partial charge in [0, 0.05) is 70.4 Å². The average Bonchev–Trinajstić information content (AvgIpc) is 3.24. The summed E-state index contributed by atoms with van der Waals surface area (Å²) in [5, 5.41) is 19.9. The monoisotopic (exact) mass is 856 g/mol. The Morgan fingerprint density at radius 2 is 1.07 bits per heavy atom. The fourth-order valence-corrected chi connectivity index (χ4v) is 9.12. The molecule has 2 atom stereocenters. The Morgan fingerprint density at radius 3 is 1.46 bits per heavy atom. The van der Waals surface area contributed by atoms with E-state index in [4.69, 9.17) is 32.7 Å². The topological polar surface area (TPSA) is 134 Å². The number of ether oxygens (including phenoxy) is 2. The zero-order chi connectivity index (χ0) is 42.1. The molecule has 2 unspecified atom stereocenters. The van der Waals surface area contributed by atoms with Gasteiger partial charge in [0.25, 0.3) is 0 Å². The number of aliphatic carboxylic acids is 2. The number of piperidine rings is 2. The third-order valence-electron chi connectivity index (χ3n) is 10.4. The van der Waals surface area contributed by atoms with Gasteiger partial charge in [0.2, 0.25) is 11.8 Å². The van der Waals surface area contributed by atoms with Gasteiger partial charge in [-0.1, -0.05) is 83.5 Å². The van der Waals surface area contributed by atoms with E-state index in [0.717, 1.165) is 11.1 Å². The van der Waals surface area contributed by atoms with E-state index in [0.29, 0.717) is 106 Å². The third-order valence-corrected chi connectivity index (χ3v) is 12.5. The maximum absolute atomic E-state index is 13.3. The van der Waals surface area contributed by atoms with E-state index in [-0.39, 0.29) is 24.9 Å². The number of hydrogen-bond donors (Lipinski definition) is 2. The number of carbonyl (C=O) groups excluding carboxylic acids is 2. The molecule has 0 radical (unpaired) electrons. The molecule has 308 valence electrons. The number of para-hydroxylation sites is 2.